The fourth-order valence-corrected chi connectivity index (χ4v) is 4.09. The van der Waals surface area contributed by atoms with Gasteiger partial charge in [0.15, 0.2) is 0 Å². The Hall–Kier alpha value is -1.08. The van der Waals surface area contributed by atoms with Crippen molar-refractivity contribution in [1.29, 1.82) is 0 Å². The van der Waals surface area contributed by atoms with Crippen LogP contribution in [0.4, 0.5) is 11.4 Å². The number of hydrogen-bond acceptors (Lipinski definition) is 5. The molecule has 0 heterocycles. The first-order valence-corrected chi connectivity index (χ1v) is 7.69. The van der Waals surface area contributed by atoms with Gasteiger partial charge in [0.1, 0.15) is 0 Å². The Kier molecular flexibility index (Phi) is 5.61. The van der Waals surface area contributed by atoms with Gasteiger partial charge in [0.2, 0.25) is 0 Å². The second-order valence-electron chi connectivity index (χ2n) is 3.94. The van der Waals surface area contributed by atoms with Crippen LogP contribution in [0.1, 0.15) is 13.3 Å². The summed E-state index contributed by atoms with van der Waals surface area (Å²) in [7, 11) is 2.17. The second-order valence-corrected chi connectivity index (χ2v) is 7.07. The van der Waals surface area contributed by atoms with Crippen molar-refractivity contribution in [1.82, 2.24) is 0 Å². The van der Waals surface area contributed by atoms with Crippen LogP contribution in [0.3, 0.4) is 0 Å². The second kappa shape index (κ2) is 6.74. The molecule has 6 heteroatoms. The van der Waals surface area contributed by atoms with Crippen LogP contribution in [0.15, 0.2) is 24.3 Å². The van der Waals surface area contributed by atoms with E-state index in [1.165, 1.54) is 0 Å². The molecular formula is C12H22N2O3Si. The maximum absolute atomic E-state index is 5.66. The zero-order valence-electron chi connectivity index (χ0n) is 11.4. The first-order chi connectivity index (χ1) is 8.61. The molecule has 1 rings (SSSR count). The average molecular weight is 270 g/mol. The highest BCUT2D eigenvalue weighted by Gasteiger charge is 2.46. The van der Waals surface area contributed by atoms with Crippen LogP contribution >= 0.6 is 0 Å². The molecule has 0 bridgehead atoms. The summed E-state index contributed by atoms with van der Waals surface area (Å²) in [6, 6.07) is 7.56. The molecule has 18 heavy (non-hydrogen) atoms. The third kappa shape index (κ3) is 3.23. The summed E-state index contributed by atoms with van der Waals surface area (Å²) in [6.45, 7) is 2.06. The van der Waals surface area contributed by atoms with E-state index in [0.29, 0.717) is 0 Å². The normalized spacial score (nSPS) is 13.3. The van der Waals surface area contributed by atoms with Gasteiger partial charge in [-0.2, -0.15) is 0 Å². The molecule has 5 nitrogen and oxygen atoms in total. The average Bonchev–Trinajstić information content (AvgIpc) is 2.42. The topological polar surface area (TPSA) is 65.7 Å². The van der Waals surface area contributed by atoms with Crippen LogP contribution in [0, 0.1) is 0 Å². The maximum Gasteiger partial charge on any atom is 0.523 e. The number of benzene rings is 1. The van der Waals surface area contributed by atoms with Gasteiger partial charge in [-0.3, -0.25) is 0 Å². The van der Waals surface area contributed by atoms with Gasteiger partial charge in [0, 0.05) is 32.7 Å². The van der Waals surface area contributed by atoms with E-state index in [0.717, 1.165) is 17.8 Å². The summed E-state index contributed by atoms with van der Waals surface area (Å²) >= 11 is 0. The van der Waals surface area contributed by atoms with E-state index in [1.807, 2.05) is 24.3 Å². The molecule has 0 aliphatic carbocycles. The fourth-order valence-electron chi connectivity index (χ4n) is 1.90. The Morgan fingerprint density at radius 3 is 2.00 bits per heavy atom. The van der Waals surface area contributed by atoms with Crippen LogP contribution in [0.25, 0.3) is 0 Å². The summed E-state index contributed by atoms with van der Waals surface area (Å²) in [5.41, 5.74) is 7.37. The first kappa shape index (κ1) is 15.0. The van der Waals surface area contributed by atoms with Crippen LogP contribution in [-0.4, -0.2) is 35.8 Å². The van der Waals surface area contributed by atoms with Crippen molar-refractivity contribution in [2.75, 3.05) is 32.4 Å². The lowest BCUT2D eigenvalue weighted by Gasteiger charge is -2.32. The standard InChI is InChI=1S/C12H22N2O3Si/c1-5-12(18(15-2,16-3)17-4)14-11-8-6-10(13)7-9-11/h6-9,12,14H,5,13H2,1-4H3. The van der Waals surface area contributed by atoms with E-state index in [-0.39, 0.29) is 5.67 Å². The summed E-state index contributed by atoms with van der Waals surface area (Å²) < 4.78 is 16.5. The molecular weight excluding hydrogens is 248 g/mol. The molecule has 1 aromatic carbocycles. The molecule has 0 aliphatic rings. The molecule has 102 valence electrons. The van der Waals surface area contributed by atoms with Crippen molar-refractivity contribution >= 4 is 20.2 Å². The zero-order chi connectivity index (χ0) is 13.6. The molecule has 0 amide bonds. The molecule has 0 aromatic heterocycles. The van der Waals surface area contributed by atoms with E-state index >= 15 is 0 Å². The molecule has 0 saturated carbocycles. The van der Waals surface area contributed by atoms with Crippen LogP contribution in [0.5, 0.6) is 0 Å². The van der Waals surface area contributed by atoms with Crippen molar-refractivity contribution in [3.05, 3.63) is 24.3 Å². The Morgan fingerprint density at radius 2 is 1.61 bits per heavy atom. The highest BCUT2D eigenvalue weighted by molar-refractivity contribution is 6.63. The Balaban J connectivity index is 2.86. The number of nitrogens with one attached hydrogen (secondary N) is 1. The Bertz CT molecular complexity index is 347. The minimum Gasteiger partial charge on any atom is -0.399 e. The van der Waals surface area contributed by atoms with E-state index in [1.54, 1.807) is 21.3 Å². The molecule has 0 spiro atoms. The van der Waals surface area contributed by atoms with Gasteiger partial charge in [-0.25, -0.2) is 0 Å². The van der Waals surface area contributed by atoms with Gasteiger partial charge < -0.3 is 24.3 Å². The third-order valence-electron chi connectivity index (χ3n) is 2.94. The van der Waals surface area contributed by atoms with Crippen molar-refractivity contribution in [2.45, 2.75) is 19.0 Å². The van der Waals surface area contributed by atoms with Gasteiger partial charge in [0.05, 0.1) is 5.67 Å². The van der Waals surface area contributed by atoms with Crippen molar-refractivity contribution in [2.24, 2.45) is 0 Å². The highest BCUT2D eigenvalue weighted by atomic mass is 28.4. The van der Waals surface area contributed by atoms with Crippen LogP contribution in [-0.2, 0) is 13.3 Å². The lowest BCUT2D eigenvalue weighted by Crippen LogP contribution is -2.57. The van der Waals surface area contributed by atoms with Gasteiger partial charge >= 0.3 is 8.80 Å². The van der Waals surface area contributed by atoms with Crippen molar-refractivity contribution in [3.63, 3.8) is 0 Å². The van der Waals surface area contributed by atoms with Crippen LogP contribution < -0.4 is 11.1 Å². The third-order valence-corrected chi connectivity index (χ3v) is 6.05. The Morgan fingerprint density at radius 1 is 1.11 bits per heavy atom. The van der Waals surface area contributed by atoms with Gasteiger partial charge in [-0.15, -0.1) is 0 Å². The van der Waals surface area contributed by atoms with Crippen molar-refractivity contribution in [3.8, 4) is 0 Å². The van der Waals surface area contributed by atoms with Crippen molar-refractivity contribution < 1.29 is 13.3 Å². The first-order valence-electron chi connectivity index (χ1n) is 5.89. The summed E-state index contributed by atoms with van der Waals surface area (Å²) in [5, 5.41) is 3.38. The molecule has 0 fully saturated rings. The molecule has 0 saturated heterocycles. The van der Waals surface area contributed by atoms with E-state index in [9.17, 15) is 0 Å². The summed E-state index contributed by atoms with van der Waals surface area (Å²) in [4.78, 5) is 0. The number of nitrogens with two attached hydrogens (primary N) is 1. The largest absolute Gasteiger partial charge is 0.523 e. The summed E-state index contributed by atoms with van der Waals surface area (Å²) in [6.07, 6.45) is 0.839. The van der Waals surface area contributed by atoms with Crippen LogP contribution in [0.2, 0.25) is 0 Å². The van der Waals surface area contributed by atoms with E-state index in [2.05, 4.69) is 12.2 Å². The lowest BCUT2D eigenvalue weighted by molar-refractivity contribution is 0.115. The van der Waals surface area contributed by atoms with Gasteiger partial charge in [-0.05, 0) is 30.7 Å². The monoisotopic (exact) mass is 270 g/mol. The smallest absolute Gasteiger partial charge is 0.399 e. The lowest BCUT2D eigenvalue weighted by atomic mass is 10.3. The highest BCUT2D eigenvalue weighted by Crippen LogP contribution is 2.20. The number of nitrogen functional groups attached to an aromatic ring is 1. The zero-order valence-corrected chi connectivity index (χ0v) is 12.4. The number of rotatable bonds is 7. The quantitative estimate of drug-likeness (QED) is 0.585. The van der Waals surface area contributed by atoms with Gasteiger partial charge in [0.25, 0.3) is 0 Å². The SMILES string of the molecule is CCC(Nc1ccc(N)cc1)[Si](OC)(OC)OC. The molecule has 3 N–H and O–H groups in total. The minimum atomic E-state index is -2.69. The molecule has 0 radical (unpaired) electrons. The maximum atomic E-state index is 5.66. The molecule has 1 aromatic rings. The van der Waals surface area contributed by atoms with E-state index in [4.69, 9.17) is 19.0 Å². The molecule has 1 unspecified atom stereocenters. The van der Waals surface area contributed by atoms with Gasteiger partial charge in [-0.1, -0.05) is 6.92 Å². The van der Waals surface area contributed by atoms with E-state index < -0.39 is 8.80 Å². The minimum absolute atomic E-state index is 0.00104. The number of anilines is 2. The molecule has 1 atom stereocenters. The summed E-state index contributed by atoms with van der Waals surface area (Å²) in [5.74, 6) is 0. The number of hydrogen-bond donors (Lipinski definition) is 2. The predicted molar refractivity (Wildman–Crippen MR) is 75.3 cm³/mol. The fraction of sp³-hybridized carbons (Fsp3) is 0.500. The predicted octanol–water partition coefficient (Wildman–Crippen LogP) is 1.88. The Labute approximate surface area is 110 Å². The molecule has 0 aliphatic heterocycles.